The fraction of sp³-hybridized carbons (Fsp3) is 1.00. The second-order valence-electron chi connectivity index (χ2n) is 4.63. The van der Waals surface area contributed by atoms with E-state index in [-0.39, 0.29) is 0 Å². The summed E-state index contributed by atoms with van der Waals surface area (Å²) in [5.41, 5.74) is 0. The summed E-state index contributed by atoms with van der Waals surface area (Å²) in [5, 5.41) is 12.5. The van der Waals surface area contributed by atoms with Gasteiger partial charge in [-0.3, -0.25) is 0 Å². The van der Waals surface area contributed by atoms with Gasteiger partial charge in [-0.25, -0.2) is 0 Å². The Morgan fingerprint density at radius 2 is 1.87 bits per heavy atom. The quantitative estimate of drug-likeness (QED) is 0.641. The van der Waals surface area contributed by atoms with E-state index in [1.807, 2.05) is 11.8 Å². The van der Waals surface area contributed by atoms with Crippen molar-refractivity contribution in [3.8, 4) is 0 Å². The lowest BCUT2D eigenvalue weighted by molar-refractivity contribution is 0.250. The Hall–Kier alpha value is 0.270. The van der Waals surface area contributed by atoms with Crippen LogP contribution in [0.4, 0.5) is 0 Å². The van der Waals surface area contributed by atoms with Crippen molar-refractivity contribution in [3.05, 3.63) is 0 Å². The molecule has 92 valence electrons. The van der Waals surface area contributed by atoms with Crippen molar-refractivity contribution in [2.45, 2.75) is 40.2 Å². The standard InChI is InChI=1S/C12H27NOS/c1-5-6-13-12(10(2)3)9-15-8-11(4)7-14/h10-14H,5-9H2,1-4H3. The third-order valence-electron chi connectivity index (χ3n) is 2.47. The normalized spacial score (nSPS) is 15.6. The van der Waals surface area contributed by atoms with Gasteiger partial charge in [0.15, 0.2) is 0 Å². The third-order valence-corrected chi connectivity index (χ3v) is 3.87. The second-order valence-corrected chi connectivity index (χ2v) is 5.70. The summed E-state index contributed by atoms with van der Waals surface area (Å²) in [5.74, 6) is 3.33. The maximum Gasteiger partial charge on any atom is 0.0464 e. The molecule has 0 amide bonds. The third kappa shape index (κ3) is 8.12. The van der Waals surface area contributed by atoms with Gasteiger partial charge in [-0.1, -0.05) is 27.7 Å². The highest BCUT2D eigenvalue weighted by Crippen LogP contribution is 2.13. The minimum atomic E-state index is 0.307. The molecule has 0 aliphatic rings. The van der Waals surface area contributed by atoms with E-state index in [0.29, 0.717) is 24.5 Å². The first kappa shape index (κ1) is 15.3. The molecular weight excluding hydrogens is 206 g/mol. The summed E-state index contributed by atoms with van der Waals surface area (Å²) >= 11 is 1.95. The maximum absolute atomic E-state index is 8.92. The number of thioether (sulfide) groups is 1. The molecule has 0 rings (SSSR count). The average Bonchev–Trinajstić information content (AvgIpc) is 2.22. The molecule has 0 radical (unpaired) electrons. The van der Waals surface area contributed by atoms with E-state index in [9.17, 15) is 0 Å². The molecule has 0 aromatic rings. The highest BCUT2D eigenvalue weighted by atomic mass is 32.2. The summed E-state index contributed by atoms with van der Waals surface area (Å²) in [7, 11) is 0. The van der Waals surface area contributed by atoms with Gasteiger partial charge in [-0.05, 0) is 30.6 Å². The van der Waals surface area contributed by atoms with Crippen molar-refractivity contribution in [1.29, 1.82) is 0 Å². The molecule has 0 fully saturated rings. The molecule has 2 atom stereocenters. The van der Waals surface area contributed by atoms with Crippen LogP contribution in [0.1, 0.15) is 34.1 Å². The van der Waals surface area contributed by atoms with Crippen LogP contribution in [0.2, 0.25) is 0 Å². The zero-order chi connectivity index (χ0) is 11.7. The van der Waals surface area contributed by atoms with Gasteiger partial charge in [0.05, 0.1) is 0 Å². The summed E-state index contributed by atoms with van der Waals surface area (Å²) in [4.78, 5) is 0. The van der Waals surface area contributed by atoms with Crippen molar-refractivity contribution in [2.75, 3.05) is 24.7 Å². The molecule has 15 heavy (non-hydrogen) atoms. The molecule has 0 aromatic carbocycles. The Morgan fingerprint density at radius 3 is 2.33 bits per heavy atom. The number of hydrogen-bond acceptors (Lipinski definition) is 3. The summed E-state index contributed by atoms with van der Waals surface area (Å²) in [6, 6.07) is 0.612. The maximum atomic E-state index is 8.92. The molecule has 0 bridgehead atoms. The SMILES string of the molecule is CCCNC(CSCC(C)CO)C(C)C. The zero-order valence-corrected chi connectivity index (χ0v) is 11.4. The molecule has 2 unspecified atom stereocenters. The monoisotopic (exact) mass is 233 g/mol. The molecule has 0 aromatic heterocycles. The van der Waals surface area contributed by atoms with Crippen molar-refractivity contribution in [2.24, 2.45) is 11.8 Å². The molecule has 0 aliphatic carbocycles. The molecule has 3 heteroatoms. The number of hydrogen-bond donors (Lipinski definition) is 2. The van der Waals surface area contributed by atoms with Gasteiger partial charge in [0.25, 0.3) is 0 Å². The Labute approximate surface area is 99.2 Å². The molecule has 0 saturated heterocycles. The van der Waals surface area contributed by atoms with Crippen LogP contribution in [-0.4, -0.2) is 35.8 Å². The lowest BCUT2D eigenvalue weighted by atomic mass is 10.1. The van der Waals surface area contributed by atoms with Crippen LogP contribution in [0.3, 0.4) is 0 Å². The first-order valence-electron chi connectivity index (χ1n) is 6.03. The molecule has 2 nitrogen and oxygen atoms in total. The van der Waals surface area contributed by atoms with Gasteiger partial charge < -0.3 is 10.4 Å². The van der Waals surface area contributed by atoms with Crippen LogP contribution in [0.25, 0.3) is 0 Å². The van der Waals surface area contributed by atoms with Crippen molar-refractivity contribution >= 4 is 11.8 Å². The summed E-state index contributed by atoms with van der Waals surface area (Å²) in [6.45, 7) is 10.2. The van der Waals surface area contributed by atoms with Gasteiger partial charge in [-0.15, -0.1) is 0 Å². The van der Waals surface area contributed by atoms with E-state index in [4.69, 9.17) is 5.11 Å². The summed E-state index contributed by atoms with van der Waals surface area (Å²) in [6.07, 6.45) is 1.20. The molecular formula is C12H27NOS. The number of nitrogens with one attached hydrogen (secondary N) is 1. The van der Waals surface area contributed by atoms with Crippen LogP contribution >= 0.6 is 11.8 Å². The van der Waals surface area contributed by atoms with Gasteiger partial charge in [0.2, 0.25) is 0 Å². The lowest BCUT2D eigenvalue weighted by Gasteiger charge is -2.22. The van der Waals surface area contributed by atoms with E-state index in [1.165, 1.54) is 6.42 Å². The topological polar surface area (TPSA) is 32.3 Å². The smallest absolute Gasteiger partial charge is 0.0464 e. The van der Waals surface area contributed by atoms with Gasteiger partial charge in [0.1, 0.15) is 0 Å². The van der Waals surface area contributed by atoms with Crippen LogP contribution in [0.15, 0.2) is 0 Å². The number of rotatable bonds is 9. The Kier molecular flexibility index (Phi) is 9.66. The van der Waals surface area contributed by atoms with Gasteiger partial charge in [-0.2, -0.15) is 11.8 Å². The van der Waals surface area contributed by atoms with E-state index >= 15 is 0 Å². The number of aliphatic hydroxyl groups is 1. The Balaban J connectivity index is 3.66. The zero-order valence-electron chi connectivity index (χ0n) is 10.6. The Morgan fingerprint density at radius 1 is 1.20 bits per heavy atom. The highest BCUT2D eigenvalue weighted by molar-refractivity contribution is 7.99. The van der Waals surface area contributed by atoms with E-state index < -0.39 is 0 Å². The van der Waals surface area contributed by atoms with Gasteiger partial charge >= 0.3 is 0 Å². The van der Waals surface area contributed by atoms with Crippen molar-refractivity contribution in [1.82, 2.24) is 5.32 Å². The number of aliphatic hydroxyl groups excluding tert-OH is 1. The average molecular weight is 233 g/mol. The first-order valence-corrected chi connectivity index (χ1v) is 7.19. The summed E-state index contributed by atoms with van der Waals surface area (Å²) < 4.78 is 0. The molecule has 0 heterocycles. The van der Waals surface area contributed by atoms with Crippen LogP contribution in [0.5, 0.6) is 0 Å². The fourth-order valence-electron chi connectivity index (χ4n) is 1.27. The predicted molar refractivity (Wildman–Crippen MR) is 70.5 cm³/mol. The second kappa shape index (κ2) is 9.49. The van der Waals surface area contributed by atoms with Crippen LogP contribution < -0.4 is 5.32 Å². The van der Waals surface area contributed by atoms with E-state index in [2.05, 4.69) is 33.0 Å². The van der Waals surface area contributed by atoms with E-state index in [1.54, 1.807) is 0 Å². The van der Waals surface area contributed by atoms with Gasteiger partial charge in [0, 0.05) is 18.4 Å². The minimum Gasteiger partial charge on any atom is -0.396 e. The lowest BCUT2D eigenvalue weighted by Crippen LogP contribution is -2.36. The van der Waals surface area contributed by atoms with Crippen molar-refractivity contribution < 1.29 is 5.11 Å². The molecule has 2 N–H and O–H groups in total. The fourth-order valence-corrected chi connectivity index (χ4v) is 2.67. The van der Waals surface area contributed by atoms with Crippen LogP contribution in [0, 0.1) is 11.8 Å². The highest BCUT2D eigenvalue weighted by Gasteiger charge is 2.12. The molecule has 0 spiro atoms. The Bertz CT molecular complexity index is 142. The molecule has 0 aliphatic heterocycles. The molecule has 0 saturated carbocycles. The van der Waals surface area contributed by atoms with E-state index in [0.717, 1.165) is 18.1 Å². The predicted octanol–water partition coefficient (Wildman–Crippen LogP) is 2.37. The first-order chi connectivity index (χ1) is 7.11. The van der Waals surface area contributed by atoms with Crippen LogP contribution in [-0.2, 0) is 0 Å². The minimum absolute atomic E-state index is 0.307. The largest absolute Gasteiger partial charge is 0.396 e. The van der Waals surface area contributed by atoms with Crippen molar-refractivity contribution in [3.63, 3.8) is 0 Å².